The second-order valence-electron chi connectivity index (χ2n) is 5.79. The van der Waals surface area contributed by atoms with Crippen LogP contribution in [0.25, 0.3) is 0 Å². The summed E-state index contributed by atoms with van der Waals surface area (Å²) in [5, 5.41) is 9.62. The molecule has 0 atom stereocenters. The van der Waals surface area contributed by atoms with Crippen molar-refractivity contribution in [3.63, 3.8) is 0 Å². The first-order chi connectivity index (χ1) is 11.6. The smallest absolute Gasteiger partial charge is 0.267 e. The average molecular weight is 344 g/mol. The number of aromatic nitrogens is 1. The van der Waals surface area contributed by atoms with Crippen LogP contribution in [0.3, 0.4) is 0 Å². The Balaban J connectivity index is 1.72. The number of carbonyl (C=O) groups excluding carboxylic acids is 2. The number of hydrogen-bond acceptors (Lipinski definition) is 5. The fraction of sp³-hybridized carbons (Fsp3) is 0.353. The number of rotatable bonds is 6. The summed E-state index contributed by atoms with van der Waals surface area (Å²) in [7, 11) is 0. The summed E-state index contributed by atoms with van der Waals surface area (Å²) in [6.07, 6.45) is 3.64. The molecule has 2 amide bonds. The van der Waals surface area contributed by atoms with Gasteiger partial charge in [-0.15, -0.1) is 0 Å². The largest absolute Gasteiger partial charge is 0.362 e. The molecule has 1 heterocycles. The van der Waals surface area contributed by atoms with Gasteiger partial charge in [0.2, 0.25) is 0 Å². The van der Waals surface area contributed by atoms with E-state index in [1.807, 2.05) is 19.9 Å². The Kier molecular flexibility index (Phi) is 4.80. The van der Waals surface area contributed by atoms with Crippen molar-refractivity contribution in [1.82, 2.24) is 10.3 Å². The third-order valence-electron chi connectivity index (χ3n) is 3.72. The molecule has 0 saturated heterocycles. The van der Waals surface area contributed by atoms with Gasteiger partial charge in [-0.05, 0) is 44.4 Å². The molecule has 1 aliphatic carbocycles. The van der Waals surface area contributed by atoms with Gasteiger partial charge in [0, 0.05) is 23.8 Å². The summed E-state index contributed by atoms with van der Waals surface area (Å²) in [6.45, 7) is 4.63. The number of benzene rings is 1. The predicted molar refractivity (Wildman–Crippen MR) is 95.9 cm³/mol. The van der Waals surface area contributed by atoms with E-state index in [-0.39, 0.29) is 11.8 Å². The van der Waals surface area contributed by atoms with Crippen molar-refractivity contribution in [2.24, 2.45) is 0 Å². The average Bonchev–Trinajstić information content (AvgIpc) is 3.24. The minimum atomic E-state index is -0.223. The summed E-state index contributed by atoms with van der Waals surface area (Å²) >= 11 is 1.30. The van der Waals surface area contributed by atoms with Crippen LogP contribution >= 0.6 is 11.3 Å². The molecule has 1 aliphatic rings. The Labute approximate surface area is 144 Å². The van der Waals surface area contributed by atoms with Gasteiger partial charge >= 0.3 is 0 Å². The molecule has 0 spiro atoms. The lowest BCUT2D eigenvalue weighted by Gasteiger charge is -2.10. The van der Waals surface area contributed by atoms with E-state index in [0.717, 1.165) is 30.1 Å². The fourth-order valence-electron chi connectivity index (χ4n) is 2.19. The van der Waals surface area contributed by atoms with Gasteiger partial charge in [-0.25, -0.2) is 4.98 Å². The zero-order valence-corrected chi connectivity index (χ0v) is 14.5. The monoisotopic (exact) mass is 344 g/mol. The summed E-state index contributed by atoms with van der Waals surface area (Å²) in [4.78, 5) is 29.2. The molecule has 126 valence electrons. The van der Waals surface area contributed by atoms with Gasteiger partial charge in [0.15, 0.2) is 5.13 Å². The molecule has 2 aromatic rings. The summed E-state index contributed by atoms with van der Waals surface area (Å²) < 4.78 is 0. The van der Waals surface area contributed by atoms with E-state index in [1.54, 1.807) is 18.3 Å². The van der Waals surface area contributed by atoms with Crippen LogP contribution in [0.1, 0.15) is 45.4 Å². The SMILES string of the molecule is CCNc1ncc(C(=O)Nc2cc(C(=O)NC3CC3)ccc2C)s1. The molecule has 1 fully saturated rings. The van der Waals surface area contributed by atoms with E-state index in [2.05, 4.69) is 20.9 Å². The van der Waals surface area contributed by atoms with E-state index in [1.165, 1.54) is 11.3 Å². The lowest BCUT2D eigenvalue weighted by Crippen LogP contribution is -2.25. The second kappa shape index (κ2) is 7.00. The molecule has 0 aliphatic heterocycles. The van der Waals surface area contributed by atoms with Crippen molar-refractivity contribution in [3.05, 3.63) is 40.4 Å². The Morgan fingerprint density at radius 1 is 1.29 bits per heavy atom. The minimum absolute atomic E-state index is 0.0970. The number of thiazole rings is 1. The second-order valence-corrected chi connectivity index (χ2v) is 6.82. The highest BCUT2D eigenvalue weighted by atomic mass is 32.1. The number of hydrogen-bond donors (Lipinski definition) is 3. The summed E-state index contributed by atoms with van der Waals surface area (Å²) in [6, 6.07) is 5.64. The van der Waals surface area contributed by atoms with Crippen LogP contribution in [0, 0.1) is 6.92 Å². The third-order valence-corrected chi connectivity index (χ3v) is 4.67. The molecule has 0 radical (unpaired) electrons. The zero-order valence-electron chi connectivity index (χ0n) is 13.7. The molecule has 3 rings (SSSR count). The highest BCUT2D eigenvalue weighted by molar-refractivity contribution is 7.17. The van der Waals surface area contributed by atoms with Crippen LogP contribution in [0.4, 0.5) is 10.8 Å². The van der Waals surface area contributed by atoms with Gasteiger partial charge < -0.3 is 16.0 Å². The highest BCUT2D eigenvalue weighted by Crippen LogP contribution is 2.23. The van der Waals surface area contributed by atoms with Crippen molar-refractivity contribution in [1.29, 1.82) is 0 Å². The van der Waals surface area contributed by atoms with Gasteiger partial charge in [-0.2, -0.15) is 0 Å². The maximum absolute atomic E-state index is 12.4. The number of anilines is 2. The molecular formula is C17H20N4O2S. The van der Waals surface area contributed by atoms with Crippen molar-refractivity contribution in [2.75, 3.05) is 17.2 Å². The first-order valence-electron chi connectivity index (χ1n) is 7.99. The molecule has 0 bridgehead atoms. The fourth-order valence-corrected chi connectivity index (χ4v) is 2.97. The maximum atomic E-state index is 12.4. The van der Waals surface area contributed by atoms with Gasteiger partial charge in [-0.1, -0.05) is 17.4 Å². The van der Waals surface area contributed by atoms with Crippen molar-refractivity contribution < 1.29 is 9.59 Å². The van der Waals surface area contributed by atoms with Crippen LogP contribution in [-0.2, 0) is 0 Å². The molecule has 7 heteroatoms. The maximum Gasteiger partial charge on any atom is 0.267 e. The van der Waals surface area contributed by atoms with Gasteiger partial charge in [0.25, 0.3) is 11.8 Å². The molecule has 6 nitrogen and oxygen atoms in total. The van der Waals surface area contributed by atoms with Crippen LogP contribution in [0.2, 0.25) is 0 Å². The lowest BCUT2D eigenvalue weighted by molar-refractivity contribution is 0.0949. The van der Waals surface area contributed by atoms with Gasteiger partial charge in [-0.3, -0.25) is 9.59 Å². The molecule has 0 unspecified atom stereocenters. The van der Waals surface area contributed by atoms with Crippen molar-refractivity contribution in [2.45, 2.75) is 32.7 Å². The zero-order chi connectivity index (χ0) is 17.1. The van der Waals surface area contributed by atoms with Crippen LogP contribution in [-0.4, -0.2) is 29.4 Å². The van der Waals surface area contributed by atoms with Gasteiger partial charge in [0.1, 0.15) is 4.88 Å². The predicted octanol–water partition coefficient (Wildman–Crippen LogP) is 3.03. The van der Waals surface area contributed by atoms with E-state index < -0.39 is 0 Å². The standard InChI is InChI=1S/C17H20N4O2S/c1-3-18-17-19-9-14(24-17)16(23)21-13-8-11(5-4-10(13)2)15(22)20-12-6-7-12/h4-5,8-9,12H,3,6-7H2,1-2H3,(H,18,19)(H,20,22)(H,21,23). The molecule has 24 heavy (non-hydrogen) atoms. The lowest BCUT2D eigenvalue weighted by atomic mass is 10.1. The van der Waals surface area contributed by atoms with E-state index in [4.69, 9.17) is 0 Å². The van der Waals surface area contributed by atoms with E-state index >= 15 is 0 Å². The Hall–Kier alpha value is -2.41. The number of amides is 2. The quantitative estimate of drug-likeness (QED) is 0.752. The number of carbonyl (C=O) groups is 2. The third kappa shape index (κ3) is 3.91. The van der Waals surface area contributed by atoms with Crippen LogP contribution in [0.5, 0.6) is 0 Å². The van der Waals surface area contributed by atoms with E-state index in [9.17, 15) is 9.59 Å². The van der Waals surface area contributed by atoms with Crippen LogP contribution < -0.4 is 16.0 Å². The molecule has 3 N–H and O–H groups in total. The van der Waals surface area contributed by atoms with Gasteiger partial charge in [0.05, 0.1) is 6.20 Å². The van der Waals surface area contributed by atoms with Crippen molar-refractivity contribution in [3.8, 4) is 0 Å². The minimum Gasteiger partial charge on any atom is -0.362 e. The number of aryl methyl sites for hydroxylation is 1. The Morgan fingerprint density at radius 2 is 2.08 bits per heavy atom. The molecular weight excluding hydrogens is 324 g/mol. The first kappa shape index (κ1) is 16.4. The molecule has 1 aromatic carbocycles. The Morgan fingerprint density at radius 3 is 2.79 bits per heavy atom. The molecule has 1 aromatic heterocycles. The highest BCUT2D eigenvalue weighted by Gasteiger charge is 2.24. The summed E-state index contributed by atoms with van der Waals surface area (Å²) in [5.41, 5.74) is 2.10. The van der Waals surface area contributed by atoms with Crippen molar-refractivity contribution >= 4 is 34.0 Å². The topological polar surface area (TPSA) is 83.1 Å². The first-order valence-corrected chi connectivity index (χ1v) is 8.81. The van der Waals surface area contributed by atoms with E-state index in [0.29, 0.717) is 22.2 Å². The van der Waals surface area contributed by atoms with Crippen LogP contribution in [0.15, 0.2) is 24.4 Å². The molecule has 1 saturated carbocycles. The number of nitrogens with one attached hydrogen (secondary N) is 3. The normalized spacial score (nSPS) is 13.4. The number of nitrogens with zero attached hydrogens (tertiary/aromatic N) is 1. The Bertz CT molecular complexity index is 768. The summed E-state index contributed by atoms with van der Waals surface area (Å²) in [5.74, 6) is -0.320.